The lowest BCUT2D eigenvalue weighted by Crippen LogP contribution is -2.33. The van der Waals surface area contributed by atoms with Gasteiger partial charge in [0.15, 0.2) is 15.0 Å². The van der Waals surface area contributed by atoms with Crippen molar-refractivity contribution in [3.63, 3.8) is 0 Å². The van der Waals surface area contributed by atoms with Crippen LogP contribution in [0.25, 0.3) is 0 Å². The van der Waals surface area contributed by atoms with Gasteiger partial charge in [-0.05, 0) is 106 Å². The van der Waals surface area contributed by atoms with E-state index in [1.807, 2.05) is 11.9 Å². The lowest BCUT2D eigenvalue weighted by atomic mass is 10.0. The van der Waals surface area contributed by atoms with E-state index in [0.717, 1.165) is 77.4 Å². The van der Waals surface area contributed by atoms with Crippen LogP contribution >= 0.6 is 9.03 Å². The molecule has 4 N–H and O–H groups in total. The molecule has 0 unspecified atom stereocenters. The number of allylic oxidation sites excluding steroid dienone is 10. The molecular weight excluding hydrogens is 583 g/mol. The van der Waals surface area contributed by atoms with Crippen LogP contribution in [0, 0.1) is 5.41 Å². The number of hydrogen-bond acceptors (Lipinski definition) is 4. The highest BCUT2D eigenvalue weighted by Gasteiger charge is 2.20. The third kappa shape index (κ3) is 26.7. The second-order valence-corrected chi connectivity index (χ2v) is 13.1. The van der Waals surface area contributed by atoms with Gasteiger partial charge in [-0.2, -0.15) is 0 Å². The fraction of sp³-hybridized carbons (Fsp3) is 0.667. The van der Waals surface area contributed by atoms with E-state index >= 15 is 0 Å². The predicted molar refractivity (Wildman–Crippen MR) is 198 cm³/mol. The minimum atomic E-state index is 0. The smallest absolute Gasteiger partial charge is 0.220 e. The summed E-state index contributed by atoms with van der Waals surface area (Å²) in [5.74, 6) is 0.719. The Hall–Kier alpha value is -2.25. The van der Waals surface area contributed by atoms with Gasteiger partial charge < -0.3 is 29.6 Å². The molecule has 0 bridgehead atoms. The molecular formula is C36H69N4O4P. The molecule has 0 radical (unpaired) electrons. The van der Waals surface area contributed by atoms with E-state index in [1.165, 1.54) is 34.3 Å². The number of carbonyl (C=O) groups is 1. The summed E-state index contributed by atoms with van der Waals surface area (Å²) in [5.41, 5.74) is 7.16. The number of amides is 1. The van der Waals surface area contributed by atoms with Gasteiger partial charge in [0.1, 0.15) is 0 Å². The van der Waals surface area contributed by atoms with Gasteiger partial charge in [0.05, 0.1) is 0 Å². The number of guanidine groups is 1. The van der Waals surface area contributed by atoms with E-state index in [-0.39, 0.29) is 21.8 Å². The predicted octanol–water partition coefficient (Wildman–Crippen LogP) is 8.54. The van der Waals surface area contributed by atoms with Gasteiger partial charge >= 0.3 is 0 Å². The summed E-state index contributed by atoms with van der Waals surface area (Å²) < 4.78 is 8.99. The van der Waals surface area contributed by atoms with Gasteiger partial charge in [0.2, 0.25) is 5.91 Å². The third-order valence-electron chi connectivity index (χ3n) is 7.51. The fourth-order valence-corrected chi connectivity index (χ4v) is 4.84. The van der Waals surface area contributed by atoms with Crippen LogP contribution < -0.4 is 5.32 Å². The van der Waals surface area contributed by atoms with Gasteiger partial charge in [0.25, 0.3) is 0 Å². The SMILES string of the molecule is CC(C)=CCC/C(C)=C/CC/C(C)=C/CC/C=C(\C)CC/C=C(\C)CCC(=O)NCCCN1CCN(C)C1=N.COPOC.O.[HH]. The first kappa shape index (κ1) is 44.9. The molecule has 1 saturated heterocycles. The summed E-state index contributed by atoms with van der Waals surface area (Å²) in [6.45, 7) is 16.6. The quantitative estimate of drug-likeness (QED) is 0.0734. The lowest BCUT2D eigenvalue weighted by Gasteiger charge is -2.18. The van der Waals surface area contributed by atoms with Crippen molar-refractivity contribution in [1.82, 2.24) is 15.1 Å². The van der Waals surface area contributed by atoms with E-state index < -0.39 is 0 Å². The number of carbonyl (C=O) groups excluding carboxylic acids is 1. The first-order chi connectivity index (χ1) is 21.0. The number of nitrogens with zero attached hydrogens (tertiary/aromatic N) is 2. The first-order valence-corrected chi connectivity index (χ1v) is 17.2. The average Bonchev–Trinajstić information content (AvgIpc) is 3.29. The minimum Gasteiger partial charge on any atom is -0.412 e. The second-order valence-electron chi connectivity index (χ2n) is 12.1. The monoisotopic (exact) mass is 653 g/mol. The molecule has 9 heteroatoms. The van der Waals surface area contributed by atoms with Crippen LogP contribution in [0.15, 0.2) is 58.2 Å². The van der Waals surface area contributed by atoms with Crippen LogP contribution in [0.2, 0.25) is 0 Å². The molecule has 0 aromatic carbocycles. The number of hydrogen-bond donors (Lipinski definition) is 2. The molecule has 0 saturated carbocycles. The van der Waals surface area contributed by atoms with Crippen molar-refractivity contribution in [2.75, 3.05) is 47.4 Å². The van der Waals surface area contributed by atoms with Crippen molar-refractivity contribution >= 4 is 20.9 Å². The second kappa shape index (κ2) is 29.2. The largest absolute Gasteiger partial charge is 0.412 e. The highest BCUT2D eigenvalue weighted by Crippen LogP contribution is 2.14. The van der Waals surface area contributed by atoms with Crippen LogP contribution in [0.3, 0.4) is 0 Å². The Morgan fingerprint density at radius 2 is 1.24 bits per heavy atom. The van der Waals surface area contributed by atoms with E-state index in [2.05, 4.69) is 91.2 Å². The van der Waals surface area contributed by atoms with Gasteiger partial charge in [-0.1, -0.05) is 58.2 Å². The topological polar surface area (TPSA) is 109 Å². The minimum absolute atomic E-state index is 0. The van der Waals surface area contributed by atoms with Crippen LogP contribution in [0.5, 0.6) is 0 Å². The zero-order valence-electron chi connectivity index (χ0n) is 30.1. The van der Waals surface area contributed by atoms with Crippen LogP contribution in [-0.2, 0) is 13.8 Å². The highest BCUT2D eigenvalue weighted by molar-refractivity contribution is 7.26. The molecule has 0 aromatic rings. The molecule has 0 aromatic heterocycles. The van der Waals surface area contributed by atoms with Crippen molar-refractivity contribution < 1.29 is 20.7 Å². The van der Waals surface area contributed by atoms with Crippen LogP contribution in [0.4, 0.5) is 0 Å². The Morgan fingerprint density at radius 3 is 1.67 bits per heavy atom. The Kier molecular flexibility index (Phi) is 29.1. The third-order valence-corrected chi connectivity index (χ3v) is 7.85. The molecule has 262 valence electrons. The molecule has 45 heavy (non-hydrogen) atoms. The molecule has 0 atom stereocenters. The van der Waals surface area contributed by atoms with Crippen molar-refractivity contribution in [3.8, 4) is 0 Å². The first-order valence-electron chi connectivity index (χ1n) is 16.4. The summed E-state index contributed by atoms with van der Waals surface area (Å²) in [7, 11) is 5.35. The summed E-state index contributed by atoms with van der Waals surface area (Å²) >= 11 is 0. The Labute approximate surface area is 279 Å². The van der Waals surface area contributed by atoms with E-state index in [9.17, 15) is 4.79 Å². The number of unbranched alkanes of at least 4 members (excludes halogenated alkanes) is 1. The van der Waals surface area contributed by atoms with Gasteiger partial charge in [-0.15, -0.1) is 0 Å². The molecule has 1 amide bonds. The average molecular weight is 653 g/mol. The van der Waals surface area contributed by atoms with Gasteiger partial charge in [0, 0.05) is 55.3 Å². The zero-order chi connectivity index (χ0) is 33.2. The maximum Gasteiger partial charge on any atom is 0.220 e. The molecule has 1 rings (SSSR count). The summed E-state index contributed by atoms with van der Waals surface area (Å²) in [5, 5.41) is 11.0. The van der Waals surface area contributed by atoms with E-state index in [4.69, 9.17) is 5.41 Å². The van der Waals surface area contributed by atoms with Crippen molar-refractivity contribution in [2.24, 2.45) is 0 Å². The van der Waals surface area contributed by atoms with Gasteiger partial charge in [-0.3, -0.25) is 10.2 Å². The van der Waals surface area contributed by atoms with Crippen molar-refractivity contribution in [3.05, 3.63) is 58.2 Å². The number of nitrogens with one attached hydrogen (secondary N) is 2. The Bertz CT molecular complexity index is 973. The molecule has 1 fully saturated rings. The van der Waals surface area contributed by atoms with E-state index in [0.29, 0.717) is 18.9 Å². The maximum absolute atomic E-state index is 12.2. The summed E-state index contributed by atoms with van der Waals surface area (Å²) in [6.07, 6.45) is 23.1. The van der Waals surface area contributed by atoms with Gasteiger partial charge in [-0.25, -0.2) is 0 Å². The Morgan fingerprint density at radius 1 is 0.778 bits per heavy atom. The fourth-order valence-electron chi connectivity index (χ4n) is 4.67. The Balaban J connectivity index is -0.00000244. The molecule has 1 aliphatic heterocycles. The number of likely N-dealkylation sites (N-methyl/N-ethyl adjacent to an activating group) is 1. The summed E-state index contributed by atoms with van der Waals surface area (Å²) in [4.78, 5) is 16.2. The van der Waals surface area contributed by atoms with Crippen molar-refractivity contribution in [1.29, 1.82) is 5.41 Å². The molecule has 0 spiro atoms. The maximum atomic E-state index is 12.2. The molecule has 1 heterocycles. The van der Waals surface area contributed by atoms with E-state index in [1.54, 1.807) is 14.2 Å². The summed E-state index contributed by atoms with van der Waals surface area (Å²) in [6, 6.07) is 0. The molecule has 1 aliphatic rings. The normalized spacial score (nSPS) is 14.2. The van der Waals surface area contributed by atoms with Crippen molar-refractivity contribution in [2.45, 2.75) is 112 Å². The standard InChI is InChI=1S/C34H58N4O.C2H7O2P.H2O.H2/c1-28(2)14-10-17-31(5)20-11-18-29(3)15-8-9-16-30(4)19-12-21-32(6)22-23-33(39)36-24-13-25-38-27-26-37(7)34(38)35;1-3-5-4-2;;/h14-16,20-21,35H,8-13,17-19,22-27H2,1-7H3,(H,36,39);5H,1-2H3;1H2;1H/b29-15+,30-16+,31-20+,32-21+,35-34?;;;. The lowest BCUT2D eigenvalue weighted by molar-refractivity contribution is -0.121. The van der Waals surface area contributed by atoms with Crippen LogP contribution in [0.1, 0.15) is 114 Å². The zero-order valence-corrected chi connectivity index (χ0v) is 31.1. The highest BCUT2D eigenvalue weighted by atomic mass is 31.1. The van der Waals surface area contributed by atoms with Crippen LogP contribution in [-0.4, -0.2) is 74.6 Å². The molecule has 8 nitrogen and oxygen atoms in total. The number of rotatable bonds is 21. The molecule has 0 aliphatic carbocycles.